The van der Waals surface area contributed by atoms with Gasteiger partial charge in [0.2, 0.25) is 5.13 Å². The quantitative estimate of drug-likeness (QED) is 0.286. The molecule has 3 heterocycles. The Hall–Kier alpha value is -3.36. The number of benzene rings is 2. The summed E-state index contributed by atoms with van der Waals surface area (Å²) in [5.41, 5.74) is 5.13. The molecule has 0 saturated heterocycles. The van der Waals surface area contributed by atoms with E-state index in [4.69, 9.17) is 4.42 Å². The van der Waals surface area contributed by atoms with Crippen LogP contribution in [0.2, 0.25) is 0 Å². The van der Waals surface area contributed by atoms with Gasteiger partial charge in [-0.1, -0.05) is 17.4 Å². The average Bonchev–Trinajstić information content (AvgIpc) is 3.47. The molecule has 142 valence electrons. The van der Waals surface area contributed by atoms with Crippen molar-refractivity contribution in [3.05, 3.63) is 77.2 Å². The largest absolute Gasteiger partial charge is 0.463 e. The van der Waals surface area contributed by atoms with Crippen molar-refractivity contribution < 1.29 is 9.21 Å². The standard InChI is InChI=1S/C21H14N4O2S2/c1-13-4-6-17-19(9-13)29-21(24-17)25(23-11-15-3-2-8-27-15)20(26)14-5-7-16-18(10-14)28-12-22-16/h2-12H,1H3/b23-11+. The smallest absolute Gasteiger partial charge is 0.280 e. The van der Waals surface area contributed by atoms with Crippen molar-refractivity contribution in [3.8, 4) is 0 Å². The summed E-state index contributed by atoms with van der Waals surface area (Å²) in [6, 6.07) is 15.0. The summed E-state index contributed by atoms with van der Waals surface area (Å²) in [4.78, 5) is 22.2. The molecule has 0 N–H and O–H groups in total. The van der Waals surface area contributed by atoms with Crippen LogP contribution < -0.4 is 5.01 Å². The number of aryl methyl sites for hydroxylation is 1. The van der Waals surface area contributed by atoms with Crippen molar-refractivity contribution >= 4 is 60.4 Å². The molecule has 0 radical (unpaired) electrons. The zero-order valence-corrected chi connectivity index (χ0v) is 16.9. The molecule has 29 heavy (non-hydrogen) atoms. The first-order valence-corrected chi connectivity index (χ1v) is 10.5. The summed E-state index contributed by atoms with van der Waals surface area (Å²) in [5, 5.41) is 6.23. The lowest BCUT2D eigenvalue weighted by Gasteiger charge is -2.13. The summed E-state index contributed by atoms with van der Waals surface area (Å²) < 4.78 is 7.27. The van der Waals surface area contributed by atoms with Crippen LogP contribution in [0.15, 0.2) is 69.8 Å². The third kappa shape index (κ3) is 3.43. The molecule has 0 aliphatic carbocycles. The molecule has 0 atom stereocenters. The molecule has 5 aromatic rings. The highest BCUT2D eigenvalue weighted by Gasteiger charge is 2.21. The van der Waals surface area contributed by atoms with Crippen LogP contribution in [-0.4, -0.2) is 22.1 Å². The normalized spacial score (nSPS) is 11.6. The van der Waals surface area contributed by atoms with Crippen molar-refractivity contribution in [3.63, 3.8) is 0 Å². The monoisotopic (exact) mass is 418 g/mol. The maximum Gasteiger partial charge on any atom is 0.280 e. The van der Waals surface area contributed by atoms with E-state index in [2.05, 4.69) is 21.1 Å². The Kier molecular flexibility index (Phi) is 4.42. The molecule has 0 aliphatic rings. The van der Waals surface area contributed by atoms with Crippen molar-refractivity contribution in [2.75, 3.05) is 5.01 Å². The molecule has 0 bridgehead atoms. The SMILES string of the molecule is Cc1ccc2nc(N(/N=C/c3ccco3)C(=O)c3ccc4ncsc4c3)sc2c1. The van der Waals surface area contributed by atoms with Crippen molar-refractivity contribution in [2.45, 2.75) is 6.92 Å². The molecule has 5 rings (SSSR count). The zero-order valence-electron chi connectivity index (χ0n) is 15.3. The third-order valence-corrected chi connectivity index (χ3v) is 6.11. The lowest BCUT2D eigenvalue weighted by Crippen LogP contribution is -2.25. The van der Waals surface area contributed by atoms with E-state index < -0.39 is 0 Å². The Balaban J connectivity index is 1.59. The second kappa shape index (κ2) is 7.23. The van der Waals surface area contributed by atoms with E-state index in [9.17, 15) is 4.79 Å². The first-order chi connectivity index (χ1) is 14.2. The Morgan fingerprint density at radius 3 is 2.90 bits per heavy atom. The molecule has 0 spiro atoms. The summed E-state index contributed by atoms with van der Waals surface area (Å²) in [6.07, 6.45) is 3.08. The molecule has 1 amide bonds. The number of carbonyl (C=O) groups excluding carboxylic acids is 1. The fourth-order valence-corrected chi connectivity index (χ4v) is 4.63. The van der Waals surface area contributed by atoms with Gasteiger partial charge in [0.1, 0.15) is 5.76 Å². The predicted octanol–water partition coefficient (Wildman–Crippen LogP) is 5.49. The average molecular weight is 419 g/mol. The Morgan fingerprint density at radius 1 is 1.14 bits per heavy atom. The van der Waals surface area contributed by atoms with Gasteiger partial charge in [0.25, 0.3) is 5.91 Å². The van der Waals surface area contributed by atoms with Gasteiger partial charge in [-0.2, -0.15) is 10.1 Å². The lowest BCUT2D eigenvalue weighted by atomic mass is 10.2. The van der Waals surface area contributed by atoms with Crippen molar-refractivity contribution in [1.82, 2.24) is 9.97 Å². The Labute approximate surface area is 173 Å². The minimum atomic E-state index is -0.265. The topological polar surface area (TPSA) is 71.6 Å². The van der Waals surface area contributed by atoms with Gasteiger partial charge in [-0.25, -0.2) is 9.97 Å². The molecule has 0 unspecified atom stereocenters. The number of amides is 1. The minimum Gasteiger partial charge on any atom is -0.463 e. The van der Waals surface area contributed by atoms with Gasteiger partial charge in [-0.15, -0.1) is 11.3 Å². The van der Waals surface area contributed by atoms with Gasteiger partial charge < -0.3 is 4.42 Å². The number of rotatable bonds is 4. The van der Waals surface area contributed by atoms with E-state index in [1.54, 1.807) is 30.0 Å². The molecule has 3 aromatic heterocycles. The number of nitrogens with zero attached hydrogens (tertiary/aromatic N) is 4. The number of hydrazone groups is 1. The zero-order chi connectivity index (χ0) is 19.8. The molecule has 8 heteroatoms. The number of fused-ring (bicyclic) bond motifs is 2. The van der Waals surface area contributed by atoms with E-state index in [1.165, 1.54) is 33.9 Å². The Bertz CT molecular complexity index is 1350. The van der Waals surface area contributed by atoms with Crippen LogP contribution in [0, 0.1) is 6.92 Å². The highest BCUT2D eigenvalue weighted by atomic mass is 32.1. The molecule has 0 saturated carbocycles. The minimum absolute atomic E-state index is 0.265. The third-order valence-electron chi connectivity index (χ3n) is 4.33. The highest BCUT2D eigenvalue weighted by Crippen LogP contribution is 2.31. The van der Waals surface area contributed by atoms with Gasteiger partial charge >= 0.3 is 0 Å². The number of hydrogen-bond donors (Lipinski definition) is 0. The number of anilines is 1. The van der Waals surface area contributed by atoms with Gasteiger partial charge in [0.15, 0.2) is 0 Å². The van der Waals surface area contributed by atoms with Crippen LogP contribution in [0.25, 0.3) is 20.4 Å². The predicted molar refractivity (Wildman–Crippen MR) is 117 cm³/mol. The van der Waals surface area contributed by atoms with Crippen LogP contribution in [0.5, 0.6) is 0 Å². The molecular formula is C21H14N4O2S2. The van der Waals surface area contributed by atoms with Gasteiger partial charge in [0, 0.05) is 5.56 Å². The van der Waals surface area contributed by atoms with E-state index in [0.29, 0.717) is 16.5 Å². The van der Waals surface area contributed by atoms with E-state index in [1.807, 2.05) is 31.2 Å². The van der Waals surface area contributed by atoms with Crippen LogP contribution >= 0.6 is 22.7 Å². The van der Waals surface area contributed by atoms with Crippen LogP contribution in [-0.2, 0) is 0 Å². The molecule has 6 nitrogen and oxygen atoms in total. The first kappa shape index (κ1) is 17.7. The Morgan fingerprint density at radius 2 is 2.03 bits per heavy atom. The summed E-state index contributed by atoms with van der Waals surface area (Å²) in [6.45, 7) is 2.03. The van der Waals surface area contributed by atoms with Gasteiger partial charge in [0.05, 0.1) is 38.4 Å². The van der Waals surface area contributed by atoms with Crippen molar-refractivity contribution in [2.24, 2.45) is 5.10 Å². The van der Waals surface area contributed by atoms with E-state index in [0.717, 1.165) is 26.0 Å². The number of thiazole rings is 2. The second-order valence-electron chi connectivity index (χ2n) is 6.38. The highest BCUT2D eigenvalue weighted by molar-refractivity contribution is 7.22. The summed E-state index contributed by atoms with van der Waals surface area (Å²) in [5.74, 6) is 0.288. The lowest BCUT2D eigenvalue weighted by molar-refractivity contribution is 0.0988. The van der Waals surface area contributed by atoms with E-state index >= 15 is 0 Å². The van der Waals surface area contributed by atoms with Crippen molar-refractivity contribution in [1.29, 1.82) is 0 Å². The van der Waals surface area contributed by atoms with Gasteiger partial charge in [-0.05, 0) is 55.0 Å². The number of aromatic nitrogens is 2. The summed E-state index contributed by atoms with van der Waals surface area (Å²) in [7, 11) is 0. The maximum absolute atomic E-state index is 13.3. The summed E-state index contributed by atoms with van der Waals surface area (Å²) >= 11 is 2.92. The van der Waals surface area contributed by atoms with E-state index in [-0.39, 0.29) is 5.91 Å². The second-order valence-corrected chi connectivity index (χ2v) is 8.27. The number of carbonyl (C=O) groups is 1. The van der Waals surface area contributed by atoms with Crippen LogP contribution in [0.4, 0.5) is 5.13 Å². The molecule has 0 aliphatic heterocycles. The number of hydrogen-bond acceptors (Lipinski definition) is 7. The molecule has 0 fully saturated rings. The maximum atomic E-state index is 13.3. The molecular weight excluding hydrogens is 404 g/mol. The first-order valence-electron chi connectivity index (χ1n) is 8.80. The molecule has 2 aromatic carbocycles. The van der Waals surface area contributed by atoms with Crippen LogP contribution in [0.3, 0.4) is 0 Å². The van der Waals surface area contributed by atoms with Gasteiger partial charge in [-0.3, -0.25) is 4.79 Å². The van der Waals surface area contributed by atoms with Crippen LogP contribution in [0.1, 0.15) is 21.7 Å². The number of furan rings is 1. The fourth-order valence-electron chi connectivity index (χ4n) is 2.89. The fraction of sp³-hybridized carbons (Fsp3) is 0.0476.